The molecule has 0 saturated carbocycles. The van der Waals surface area contributed by atoms with Crippen LogP contribution in [0.15, 0.2) is 24.3 Å². The first kappa shape index (κ1) is 8.34. The van der Waals surface area contributed by atoms with Crippen LogP contribution < -0.4 is 5.73 Å². The molecule has 1 rings (SSSR count). The van der Waals surface area contributed by atoms with Gasteiger partial charge in [0, 0.05) is 22.8 Å². The van der Waals surface area contributed by atoms with Crippen molar-refractivity contribution in [2.24, 2.45) is 0 Å². The molecule has 9 heavy (non-hydrogen) atoms. The molecule has 1 aromatic carbocycles. The molecule has 50 valence electrons. The maximum Gasteiger partial charge on any atom is 0.115 e. The predicted octanol–water partition coefficient (Wildman–Crippen LogP) is 0.972. The van der Waals surface area contributed by atoms with Crippen LogP contribution in [0.5, 0.6) is 5.75 Å². The van der Waals surface area contributed by atoms with E-state index >= 15 is 0 Å². The Kier molecular flexibility index (Phi) is 3.13. The largest absolute Gasteiger partial charge is 0.508 e. The number of rotatable bonds is 0. The number of hydrogen-bond acceptors (Lipinski definition) is 2. The van der Waals surface area contributed by atoms with Gasteiger partial charge in [-0.3, -0.25) is 0 Å². The van der Waals surface area contributed by atoms with Crippen LogP contribution in [-0.4, -0.2) is 5.11 Å². The minimum absolute atomic E-state index is 0. The maximum absolute atomic E-state index is 8.70. The van der Waals surface area contributed by atoms with Crippen LogP contribution in [0.1, 0.15) is 0 Å². The molecular weight excluding hydrogens is 158 g/mol. The number of aromatic hydroxyl groups is 1. The third kappa shape index (κ3) is 2.40. The maximum atomic E-state index is 8.70. The van der Waals surface area contributed by atoms with E-state index in [0.29, 0.717) is 5.69 Å². The quantitative estimate of drug-likeness (QED) is 0.341. The van der Waals surface area contributed by atoms with E-state index in [1.54, 1.807) is 24.3 Å². The Labute approximate surface area is 64.2 Å². The fourth-order valence-corrected chi connectivity index (χ4v) is 0.474. The second-order valence-electron chi connectivity index (χ2n) is 1.59. The molecule has 0 aliphatic heterocycles. The average molecular weight is 165 g/mol. The van der Waals surface area contributed by atoms with Crippen molar-refractivity contribution in [2.75, 3.05) is 5.73 Å². The number of nitrogens with two attached hydrogens (primary N) is 1. The number of phenolic OH excluding ortho intramolecular Hbond substituents is 1. The summed E-state index contributed by atoms with van der Waals surface area (Å²) >= 11 is 0. The van der Waals surface area contributed by atoms with E-state index in [2.05, 4.69) is 0 Å². The summed E-state index contributed by atoms with van der Waals surface area (Å²) in [6.07, 6.45) is 0. The van der Waals surface area contributed by atoms with E-state index in [1.165, 1.54) is 0 Å². The summed E-state index contributed by atoms with van der Waals surface area (Å²) in [4.78, 5) is 0. The molecule has 0 spiro atoms. The summed E-state index contributed by atoms with van der Waals surface area (Å²) in [6, 6.07) is 6.40. The van der Waals surface area contributed by atoms with Crippen LogP contribution in [0.2, 0.25) is 0 Å². The number of anilines is 1. The normalized spacial score (nSPS) is 8.00. The summed E-state index contributed by atoms with van der Waals surface area (Å²) in [5.41, 5.74) is 5.98. The predicted molar refractivity (Wildman–Crippen MR) is 32.5 cm³/mol. The first-order valence-electron chi connectivity index (χ1n) is 2.33. The van der Waals surface area contributed by atoms with E-state index < -0.39 is 0 Å². The van der Waals surface area contributed by atoms with E-state index in [1.807, 2.05) is 0 Å². The van der Waals surface area contributed by atoms with Gasteiger partial charge in [0.05, 0.1) is 0 Å². The third-order valence-corrected chi connectivity index (χ3v) is 0.893. The summed E-state index contributed by atoms with van der Waals surface area (Å²) < 4.78 is 0. The van der Waals surface area contributed by atoms with E-state index in [4.69, 9.17) is 10.8 Å². The SMILES string of the molecule is Nc1ccc(O)cc1.[Fe]. The van der Waals surface area contributed by atoms with Gasteiger partial charge >= 0.3 is 0 Å². The molecule has 0 unspecified atom stereocenters. The van der Waals surface area contributed by atoms with Crippen molar-refractivity contribution in [3.63, 3.8) is 0 Å². The molecule has 3 N–H and O–H groups in total. The Morgan fingerprint density at radius 1 is 1.11 bits per heavy atom. The molecule has 0 fully saturated rings. The standard InChI is InChI=1S/C6H7NO.Fe/c7-5-1-3-6(8)4-2-5;/h1-4,8H,7H2;. The Balaban J connectivity index is 0.000000640. The van der Waals surface area contributed by atoms with Gasteiger partial charge in [-0.25, -0.2) is 0 Å². The molecule has 0 radical (unpaired) electrons. The fraction of sp³-hybridized carbons (Fsp3) is 0. The number of hydrogen-bond donors (Lipinski definition) is 2. The molecule has 0 aliphatic carbocycles. The zero-order valence-corrected chi connectivity index (χ0v) is 5.79. The van der Waals surface area contributed by atoms with Gasteiger partial charge < -0.3 is 10.8 Å². The topological polar surface area (TPSA) is 46.2 Å². The summed E-state index contributed by atoms with van der Waals surface area (Å²) in [5.74, 6) is 0.249. The molecule has 0 aliphatic rings. The van der Waals surface area contributed by atoms with Crippen molar-refractivity contribution in [3.05, 3.63) is 24.3 Å². The molecular formula is C6H7FeNO. The molecule has 2 nitrogen and oxygen atoms in total. The van der Waals surface area contributed by atoms with Gasteiger partial charge in [0.1, 0.15) is 5.75 Å². The van der Waals surface area contributed by atoms with Gasteiger partial charge in [-0.1, -0.05) is 0 Å². The van der Waals surface area contributed by atoms with Crippen molar-refractivity contribution in [1.82, 2.24) is 0 Å². The Morgan fingerprint density at radius 2 is 1.56 bits per heavy atom. The molecule has 0 saturated heterocycles. The minimum atomic E-state index is 0. The number of nitrogen functional groups attached to an aromatic ring is 1. The van der Waals surface area contributed by atoms with Crippen LogP contribution in [-0.2, 0) is 17.1 Å². The van der Waals surface area contributed by atoms with Crippen LogP contribution in [0.25, 0.3) is 0 Å². The summed E-state index contributed by atoms with van der Waals surface area (Å²) in [5, 5.41) is 8.70. The molecule has 3 heteroatoms. The van der Waals surface area contributed by atoms with Crippen molar-refractivity contribution < 1.29 is 22.2 Å². The van der Waals surface area contributed by atoms with Crippen molar-refractivity contribution >= 4 is 5.69 Å². The van der Waals surface area contributed by atoms with Crippen molar-refractivity contribution in [3.8, 4) is 5.75 Å². The molecule has 0 heterocycles. The Bertz CT molecular complexity index is 152. The number of phenols is 1. The second-order valence-corrected chi connectivity index (χ2v) is 1.59. The van der Waals surface area contributed by atoms with Crippen LogP contribution in [0, 0.1) is 0 Å². The second kappa shape index (κ2) is 3.38. The van der Waals surface area contributed by atoms with Gasteiger partial charge in [0.15, 0.2) is 0 Å². The van der Waals surface area contributed by atoms with Gasteiger partial charge in [-0.05, 0) is 24.3 Å². The van der Waals surface area contributed by atoms with E-state index in [0.717, 1.165) is 0 Å². The smallest absolute Gasteiger partial charge is 0.115 e. The molecule has 0 bridgehead atoms. The van der Waals surface area contributed by atoms with Gasteiger partial charge in [-0.2, -0.15) is 0 Å². The van der Waals surface area contributed by atoms with Gasteiger partial charge in [0.25, 0.3) is 0 Å². The van der Waals surface area contributed by atoms with E-state index in [9.17, 15) is 0 Å². The van der Waals surface area contributed by atoms with Gasteiger partial charge in [0.2, 0.25) is 0 Å². The molecule has 0 aromatic heterocycles. The Morgan fingerprint density at radius 3 is 1.89 bits per heavy atom. The van der Waals surface area contributed by atoms with Crippen LogP contribution >= 0.6 is 0 Å². The summed E-state index contributed by atoms with van der Waals surface area (Å²) in [7, 11) is 0. The molecule has 1 aromatic rings. The molecule has 0 amide bonds. The zero-order valence-electron chi connectivity index (χ0n) is 4.69. The van der Waals surface area contributed by atoms with Crippen LogP contribution in [0.4, 0.5) is 5.69 Å². The monoisotopic (exact) mass is 165 g/mol. The minimum Gasteiger partial charge on any atom is -0.508 e. The third-order valence-electron chi connectivity index (χ3n) is 0.893. The van der Waals surface area contributed by atoms with Crippen LogP contribution in [0.3, 0.4) is 0 Å². The first-order valence-corrected chi connectivity index (χ1v) is 2.33. The zero-order chi connectivity index (χ0) is 5.98. The average Bonchev–Trinajstić information content (AvgIpc) is 1.77. The van der Waals surface area contributed by atoms with Gasteiger partial charge in [-0.15, -0.1) is 0 Å². The summed E-state index contributed by atoms with van der Waals surface area (Å²) in [6.45, 7) is 0. The van der Waals surface area contributed by atoms with Crippen molar-refractivity contribution in [1.29, 1.82) is 0 Å². The number of benzene rings is 1. The molecule has 0 atom stereocenters. The Hall–Kier alpha value is -0.661. The van der Waals surface area contributed by atoms with E-state index in [-0.39, 0.29) is 22.8 Å². The fourth-order valence-electron chi connectivity index (χ4n) is 0.474. The first-order chi connectivity index (χ1) is 3.79. The van der Waals surface area contributed by atoms with Crippen molar-refractivity contribution in [2.45, 2.75) is 0 Å².